The van der Waals surface area contributed by atoms with Gasteiger partial charge in [-0.3, -0.25) is 19.3 Å². The topological polar surface area (TPSA) is 125 Å². The molecule has 3 aliphatic rings. The van der Waals surface area contributed by atoms with E-state index in [1.54, 1.807) is 30.9 Å². The maximum Gasteiger partial charge on any atom is 0.412 e. The molecule has 1 saturated heterocycles. The highest BCUT2D eigenvalue weighted by molar-refractivity contribution is 6.74. The number of benzene rings is 1. The molecular formula is C38H55N3O7Si. The van der Waals surface area contributed by atoms with Crippen molar-refractivity contribution in [3.05, 3.63) is 70.6 Å². The number of hydrogen-bond acceptors (Lipinski definition) is 7. The number of Topliss-reactive ketones (excluding diaryl/α,β-unsaturated/α-hetero) is 1. The van der Waals surface area contributed by atoms with Crippen LogP contribution in [0.4, 0.5) is 4.79 Å². The van der Waals surface area contributed by atoms with Crippen LogP contribution >= 0.6 is 0 Å². The van der Waals surface area contributed by atoms with Crippen molar-refractivity contribution in [2.24, 2.45) is 17.8 Å². The van der Waals surface area contributed by atoms with Crippen LogP contribution in [0.2, 0.25) is 18.1 Å². The molecule has 1 fully saturated rings. The summed E-state index contributed by atoms with van der Waals surface area (Å²) in [6.45, 7) is 21.8. The van der Waals surface area contributed by atoms with Gasteiger partial charge in [0.1, 0.15) is 18.6 Å². The number of aliphatic hydroxyl groups excluding tert-OH is 1. The van der Waals surface area contributed by atoms with E-state index in [0.29, 0.717) is 12.0 Å². The van der Waals surface area contributed by atoms with E-state index in [0.717, 1.165) is 16.7 Å². The fourth-order valence-corrected chi connectivity index (χ4v) is 7.25. The average molecular weight is 694 g/mol. The van der Waals surface area contributed by atoms with Crippen molar-refractivity contribution >= 4 is 32.0 Å². The van der Waals surface area contributed by atoms with E-state index >= 15 is 0 Å². The van der Waals surface area contributed by atoms with E-state index in [1.165, 1.54) is 4.90 Å². The number of carbonyl (C=O) groups excluding carboxylic acids is 4. The first-order valence-corrected chi connectivity index (χ1v) is 20.3. The van der Waals surface area contributed by atoms with Gasteiger partial charge in [-0.1, -0.05) is 77.5 Å². The van der Waals surface area contributed by atoms with Gasteiger partial charge in [-0.05, 0) is 74.0 Å². The van der Waals surface area contributed by atoms with Crippen LogP contribution in [0.5, 0.6) is 0 Å². The second-order valence-electron chi connectivity index (χ2n) is 15.9. The maximum absolute atomic E-state index is 14.2. The highest BCUT2D eigenvalue weighted by atomic mass is 28.4. The standard InChI is InChI=1S/C38H55N3O7Si/c1-22(2)25(5)34(44)39-26(6)33(43)18-27-12-14-28(15-13-27)21-47-37(46)41-30-19-32(42)24(4)17-29(30)35(45)40-20-23(3)16-31(40)36(41)48-49(10,11)38(7,8)9/h12-15,17,19-20,22,25-26,29-31,36,42H,16,18,21H2,1-11H3,(H,39,44)/t25-,26-,29?,30?,31-,36-/m0/s1. The minimum absolute atomic E-state index is 0.0140. The third kappa shape index (κ3) is 8.37. The molecule has 3 amide bonds. The lowest BCUT2D eigenvalue weighted by atomic mass is 9.89. The Balaban J connectivity index is 1.55. The highest BCUT2D eigenvalue weighted by Crippen LogP contribution is 2.43. The summed E-state index contributed by atoms with van der Waals surface area (Å²) < 4.78 is 12.9. The summed E-state index contributed by atoms with van der Waals surface area (Å²) >= 11 is 0. The number of rotatable bonds is 10. The molecule has 0 spiro atoms. The van der Waals surface area contributed by atoms with Crippen LogP contribution in [-0.2, 0) is 36.6 Å². The lowest BCUT2D eigenvalue weighted by molar-refractivity contribution is -0.133. The van der Waals surface area contributed by atoms with Gasteiger partial charge >= 0.3 is 6.09 Å². The molecule has 2 N–H and O–H groups in total. The minimum atomic E-state index is -2.49. The Labute approximate surface area is 292 Å². The Kier molecular flexibility index (Phi) is 11.4. The van der Waals surface area contributed by atoms with Gasteiger partial charge in [-0.15, -0.1) is 0 Å². The Morgan fingerprint density at radius 2 is 1.63 bits per heavy atom. The predicted molar refractivity (Wildman–Crippen MR) is 192 cm³/mol. The van der Waals surface area contributed by atoms with Crippen molar-refractivity contribution in [1.29, 1.82) is 0 Å². The summed E-state index contributed by atoms with van der Waals surface area (Å²) in [4.78, 5) is 56.8. The molecule has 0 radical (unpaired) electrons. The highest BCUT2D eigenvalue weighted by Gasteiger charge is 2.54. The minimum Gasteiger partial charge on any atom is -0.508 e. The number of ether oxygens (including phenoxy) is 1. The van der Waals surface area contributed by atoms with E-state index in [1.807, 2.05) is 58.2 Å². The van der Waals surface area contributed by atoms with Gasteiger partial charge in [0.15, 0.2) is 14.1 Å². The molecule has 4 rings (SSSR count). The molecule has 268 valence electrons. The van der Waals surface area contributed by atoms with Crippen LogP contribution in [0.25, 0.3) is 0 Å². The first-order chi connectivity index (χ1) is 22.7. The first-order valence-electron chi connectivity index (χ1n) is 17.3. The molecule has 0 saturated carbocycles. The molecule has 1 aliphatic carbocycles. The summed E-state index contributed by atoms with van der Waals surface area (Å²) in [5.41, 5.74) is 3.09. The van der Waals surface area contributed by atoms with Crippen molar-refractivity contribution < 1.29 is 33.4 Å². The van der Waals surface area contributed by atoms with E-state index < -0.39 is 44.7 Å². The Morgan fingerprint density at radius 3 is 2.22 bits per heavy atom. The summed E-state index contributed by atoms with van der Waals surface area (Å²) in [5.74, 6) is -1.11. The summed E-state index contributed by atoms with van der Waals surface area (Å²) in [6, 6.07) is 5.39. The zero-order valence-corrected chi connectivity index (χ0v) is 32.0. The molecule has 0 aromatic heterocycles. The number of fused-ring (bicyclic) bond motifs is 2. The number of amides is 3. The third-order valence-electron chi connectivity index (χ3n) is 10.7. The number of ketones is 1. The smallest absolute Gasteiger partial charge is 0.412 e. The number of allylic oxidation sites excluding steroid dienone is 1. The summed E-state index contributed by atoms with van der Waals surface area (Å²) in [7, 11) is -2.49. The van der Waals surface area contributed by atoms with Gasteiger partial charge in [-0.25, -0.2) is 4.79 Å². The number of nitrogens with one attached hydrogen (secondary N) is 1. The van der Waals surface area contributed by atoms with Crippen molar-refractivity contribution in [3.8, 4) is 0 Å². The van der Waals surface area contributed by atoms with E-state index in [-0.39, 0.29) is 53.3 Å². The molecule has 6 atom stereocenters. The SMILES string of the molecule is CC1=CN2C(=O)C3C=C(C)C(O)=CC3N(C(=O)OCc3ccc(CC(=O)[C@H](C)NC(=O)[C@@H](C)C(C)C)cc3)[C@@H](O[Si](C)(C)C(C)(C)C)[C@@H]2C1. The van der Waals surface area contributed by atoms with Gasteiger partial charge in [0.05, 0.1) is 24.0 Å². The molecule has 10 nitrogen and oxygen atoms in total. The molecule has 2 heterocycles. The third-order valence-corrected chi connectivity index (χ3v) is 15.1. The largest absolute Gasteiger partial charge is 0.508 e. The molecule has 1 aromatic rings. The molecular weight excluding hydrogens is 639 g/mol. The van der Waals surface area contributed by atoms with Crippen molar-refractivity contribution in [1.82, 2.24) is 15.1 Å². The molecule has 2 aliphatic heterocycles. The second-order valence-corrected chi connectivity index (χ2v) is 20.6. The zero-order valence-electron chi connectivity index (χ0n) is 31.0. The lowest BCUT2D eigenvalue weighted by Crippen LogP contribution is -2.59. The average Bonchev–Trinajstić information content (AvgIpc) is 3.38. The summed E-state index contributed by atoms with van der Waals surface area (Å²) in [6.07, 6.45) is 4.40. The van der Waals surface area contributed by atoms with Crippen LogP contribution in [0.3, 0.4) is 0 Å². The Bertz CT molecular complexity index is 1540. The predicted octanol–water partition coefficient (Wildman–Crippen LogP) is 6.79. The molecule has 11 heteroatoms. The molecule has 1 aromatic carbocycles. The second kappa shape index (κ2) is 14.6. The van der Waals surface area contributed by atoms with Crippen molar-refractivity contribution in [2.75, 3.05) is 0 Å². The van der Waals surface area contributed by atoms with Gasteiger partial charge in [0, 0.05) is 18.5 Å². The Hall–Kier alpha value is -3.70. The number of aliphatic hydroxyl groups is 1. The summed E-state index contributed by atoms with van der Waals surface area (Å²) in [5, 5.41) is 13.5. The van der Waals surface area contributed by atoms with E-state index in [9.17, 15) is 24.3 Å². The lowest BCUT2D eigenvalue weighted by Gasteiger charge is -2.45. The van der Waals surface area contributed by atoms with Crippen LogP contribution in [-0.4, -0.2) is 71.3 Å². The molecule has 0 bridgehead atoms. The van der Waals surface area contributed by atoms with Crippen LogP contribution < -0.4 is 5.32 Å². The van der Waals surface area contributed by atoms with Crippen LogP contribution in [0.15, 0.2) is 59.5 Å². The molecule has 2 unspecified atom stereocenters. The quantitative estimate of drug-likeness (QED) is 0.259. The van der Waals surface area contributed by atoms with Gasteiger partial charge < -0.3 is 24.5 Å². The first kappa shape index (κ1) is 38.1. The van der Waals surface area contributed by atoms with E-state index in [2.05, 4.69) is 39.2 Å². The van der Waals surface area contributed by atoms with E-state index in [4.69, 9.17) is 9.16 Å². The van der Waals surface area contributed by atoms with Crippen LogP contribution in [0.1, 0.15) is 79.9 Å². The maximum atomic E-state index is 14.2. The fraction of sp³-hybridized carbons (Fsp3) is 0.579. The van der Waals surface area contributed by atoms with Crippen LogP contribution in [0, 0.1) is 17.8 Å². The fourth-order valence-electron chi connectivity index (χ4n) is 6.02. The van der Waals surface area contributed by atoms with Gasteiger partial charge in [-0.2, -0.15) is 0 Å². The monoisotopic (exact) mass is 693 g/mol. The van der Waals surface area contributed by atoms with Gasteiger partial charge in [0.25, 0.3) is 0 Å². The normalized spacial score (nSPS) is 23.8. The molecule has 49 heavy (non-hydrogen) atoms. The number of hydrogen-bond donors (Lipinski definition) is 2. The van der Waals surface area contributed by atoms with Crippen molar-refractivity contribution in [2.45, 2.75) is 124 Å². The number of carbonyl (C=O) groups is 4. The van der Waals surface area contributed by atoms with Crippen molar-refractivity contribution in [3.63, 3.8) is 0 Å². The van der Waals surface area contributed by atoms with Gasteiger partial charge in [0.2, 0.25) is 11.8 Å². The zero-order chi connectivity index (χ0) is 36.6. The Morgan fingerprint density at radius 1 is 1.02 bits per heavy atom. The number of nitrogens with zero attached hydrogens (tertiary/aromatic N) is 2.